The zero-order valence-corrected chi connectivity index (χ0v) is 13.2. The van der Waals surface area contributed by atoms with Gasteiger partial charge in [-0.3, -0.25) is 4.79 Å². The summed E-state index contributed by atoms with van der Waals surface area (Å²) in [7, 11) is -4.49. The maximum Gasteiger partial charge on any atom is 0.324 e. The van der Waals surface area contributed by atoms with Gasteiger partial charge in [0.25, 0.3) is 0 Å². The molecule has 1 fully saturated rings. The minimum atomic E-state index is -4.49. The highest BCUT2D eigenvalue weighted by Gasteiger charge is 2.40. The quantitative estimate of drug-likeness (QED) is 0.616. The van der Waals surface area contributed by atoms with Gasteiger partial charge in [-0.1, -0.05) is 0 Å². The Bertz CT molecular complexity index is 708. The molecule has 1 aliphatic rings. The van der Waals surface area contributed by atoms with E-state index in [4.69, 9.17) is 4.74 Å². The number of ether oxygens (including phenoxy) is 1. The standard InChI is InChI=1S/C14H16F3NO4S/c1-2-22-14(19)10-5-3-4-8-18(10)23(20,21)11-7-6-9(15)12(16)13(11)17/h6-7,10H,2-5,8H2,1H3/t10-/m1/s1. The van der Waals surface area contributed by atoms with Gasteiger partial charge in [0.1, 0.15) is 10.9 Å². The Morgan fingerprint density at radius 3 is 2.61 bits per heavy atom. The summed E-state index contributed by atoms with van der Waals surface area (Å²) in [5.41, 5.74) is 0. The third-order valence-electron chi connectivity index (χ3n) is 3.60. The molecule has 1 aromatic rings. The van der Waals surface area contributed by atoms with Crippen LogP contribution in [0.5, 0.6) is 0 Å². The molecule has 1 aliphatic heterocycles. The van der Waals surface area contributed by atoms with Gasteiger partial charge in [0.05, 0.1) is 6.61 Å². The molecule has 0 radical (unpaired) electrons. The van der Waals surface area contributed by atoms with Gasteiger partial charge in [0.2, 0.25) is 10.0 Å². The molecule has 1 saturated heterocycles. The summed E-state index contributed by atoms with van der Waals surface area (Å²) in [6.45, 7) is 1.63. The van der Waals surface area contributed by atoms with Crippen molar-refractivity contribution < 1.29 is 31.1 Å². The van der Waals surface area contributed by atoms with Crippen molar-refractivity contribution in [2.24, 2.45) is 0 Å². The lowest BCUT2D eigenvalue weighted by molar-refractivity contribution is -0.148. The first-order valence-corrected chi connectivity index (χ1v) is 8.56. The first-order chi connectivity index (χ1) is 10.8. The molecule has 0 saturated carbocycles. The van der Waals surface area contributed by atoms with E-state index in [9.17, 15) is 26.4 Å². The predicted octanol–water partition coefficient (Wildman–Crippen LogP) is 2.21. The second kappa shape index (κ2) is 6.88. The average Bonchev–Trinajstić information content (AvgIpc) is 2.52. The summed E-state index contributed by atoms with van der Waals surface area (Å²) >= 11 is 0. The van der Waals surface area contributed by atoms with E-state index >= 15 is 0 Å². The lowest BCUT2D eigenvalue weighted by Gasteiger charge is -2.33. The van der Waals surface area contributed by atoms with E-state index in [1.54, 1.807) is 6.92 Å². The first-order valence-electron chi connectivity index (χ1n) is 7.12. The van der Waals surface area contributed by atoms with Crippen LogP contribution in [-0.2, 0) is 19.6 Å². The summed E-state index contributed by atoms with van der Waals surface area (Å²) in [6.07, 6.45) is 1.31. The highest BCUT2D eigenvalue weighted by molar-refractivity contribution is 7.89. The Kier molecular flexibility index (Phi) is 5.30. The summed E-state index contributed by atoms with van der Waals surface area (Å²) in [5, 5.41) is 0. The molecule has 2 rings (SSSR count). The van der Waals surface area contributed by atoms with Crippen LogP contribution in [0.1, 0.15) is 26.2 Å². The smallest absolute Gasteiger partial charge is 0.324 e. The van der Waals surface area contributed by atoms with Crippen LogP contribution in [0.25, 0.3) is 0 Å². The lowest BCUT2D eigenvalue weighted by atomic mass is 10.1. The van der Waals surface area contributed by atoms with Crippen LogP contribution in [0.3, 0.4) is 0 Å². The van der Waals surface area contributed by atoms with E-state index < -0.39 is 44.4 Å². The molecular weight excluding hydrogens is 335 g/mol. The number of hydrogen-bond acceptors (Lipinski definition) is 4. The molecule has 5 nitrogen and oxygen atoms in total. The number of piperidine rings is 1. The van der Waals surface area contributed by atoms with Gasteiger partial charge in [-0.25, -0.2) is 21.6 Å². The van der Waals surface area contributed by atoms with Crippen LogP contribution in [0.2, 0.25) is 0 Å². The van der Waals surface area contributed by atoms with Crippen LogP contribution < -0.4 is 0 Å². The number of hydrogen-bond donors (Lipinski definition) is 0. The average molecular weight is 351 g/mol. The van der Waals surface area contributed by atoms with E-state index in [0.29, 0.717) is 25.0 Å². The van der Waals surface area contributed by atoms with Crippen molar-refractivity contribution in [3.8, 4) is 0 Å². The molecule has 0 aromatic heterocycles. The van der Waals surface area contributed by atoms with Crippen LogP contribution in [-0.4, -0.2) is 37.9 Å². The molecule has 128 valence electrons. The van der Waals surface area contributed by atoms with Gasteiger partial charge in [-0.15, -0.1) is 0 Å². The SMILES string of the molecule is CCOC(=O)[C@H]1CCCCN1S(=O)(=O)c1ccc(F)c(F)c1F. The summed E-state index contributed by atoms with van der Waals surface area (Å²) in [4.78, 5) is 10.9. The maximum atomic E-state index is 13.9. The summed E-state index contributed by atoms with van der Waals surface area (Å²) in [5.74, 6) is -5.88. The number of carbonyl (C=O) groups excluding carboxylic acids is 1. The fourth-order valence-corrected chi connectivity index (χ4v) is 4.21. The van der Waals surface area contributed by atoms with Crippen molar-refractivity contribution in [1.29, 1.82) is 0 Å². The van der Waals surface area contributed by atoms with E-state index in [2.05, 4.69) is 0 Å². The van der Waals surface area contributed by atoms with Gasteiger partial charge < -0.3 is 4.74 Å². The van der Waals surface area contributed by atoms with Crippen LogP contribution in [0, 0.1) is 17.5 Å². The number of sulfonamides is 1. The number of rotatable bonds is 4. The Morgan fingerprint density at radius 2 is 1.96 bits per heavy atom. The molecule has 9 heteroatoms. The Hall–Kier alpha value is -1.61. The van der Waals surface area contributed by atoms with Crippen molar-refractivity contribution in [3.05, 3.63) is 29.6 Å². The van der Waals surface area contributed by atoms with Crippen molar-refractivity contribution in [2.45, 2.75) is 37.1 Å². The molecular formula is C14H16F3NO4S. The van der Waals surface area contributed by atoms with E-state index in [1.165, 1.54) is 0 Å². The van der Waals surface area contributed by atoms with Gasteiger partial charge >= 0.3 is 5.97 Å². The van der Waals surface area contributed by atoms with Crippen molar-refractivity contribution in [2.75, 3.05) is 13.2 Å². The van der Waals surface area contributed by atoms with Crippen molar-refractivity contribution in [3.63, 3.8) is 0 Å². The van der Waals surface area contributed by atoms with Gasteiger partial charge in [-0.05, 0) is 38.3 Å². The zero-order valence-electron chi connectivity index (χ0n) is 12.4. The number of nitrogens with zero attached hydrogens (tertiary/aromatic N) is 1. The number of carbonyl (C=O) groups is 1. The highest BCUT2D eigenvalue weighted by atomic mass is 32.2. The van der Waals surface area contributed by atoms with E-state index in [-0.39, 0.29) is 19.6 Å². The van der Waals surface area contributed by atoms with Crippen molar-refractivity contribution >= 4 is 16.0 Å². The molecule has 1 aromatic carbocycles. The second-order valence-electron chi connectivity index (χ2n) is 5.05. The third-order valence-corrected chi connectivity index (χ3v) is 5.52. The topological polar surface area (TPSA) is 63.7 Å². The third kappa shape index (κ3) is 3.35. The molecule has 0 unspecified atom stereocenters. The molecule has 0 bridgehead atoms. The molecule has 1 heterocycles. The zero-order chi connectivity index (χ0) is 17.2. The fourth-order valence-electron chi connectivity index (χ4n) is 2.50. The predicted molar refractivity (Wildman–Crippen MR) is 74.5 cm³/mol. The maximum absolute atomic E-state index is 13.9. The number of halogens is 3. The van der Waals surface area contributed by atoms with E-state index in [1.807, 2.05) is 0 Å². The Labute approximate surface area is 132 Å². The minimum absolute atomic E-state index is 0.0236. The van der Waals surface area contributed by atoms with Gasteiger partial charge in [0.15, 0.2) is 17.5 Å². The summed E-state index contributed by atoms with van der Waals surface area (Å²) < 4.78 is 71.0. The molecule has 0 aliphatic carbocycles. The number of esters is 1. The second-order valence-corrected chi connectivity index (χ2v) is 6.91. The first kappa shape index (κ1) is 17.7. The molecule has 0 spiro atoms. The monoisotopic (exact) mass is 351 g/mol. The molecule has 0 amide bonds. The fraction of sp³-hybridized carbons (Fsp3) is 0.500. The van der Waals surface area contributed by atoms with E-state index in [0.717, 1.165) is 4.31 Å². The minimum Gasteiger partial charge on any atom is -0.465 e. The van der Waals surface area contributed by atoms with Gasteiger partial charge in [-0.2, -0.15) is 4.31 Å². The van der Waals surface area contributed by atoms with Crippen LogP contribution >= 0.6 is 0 Å². The van der Waals surface area contributed by atoms with Crippen molar-refractivity contribution in [1.82, 2.24) is 4.31 Å². The van der Waals surface area contributed by atoms with Crippen LogP contribution in [0.4, 0.5) is 13.2 Å². The summed E-state index contributed by atoms with van der Waals surface area (Å²) in [6, 6.07) is 0.0929. The van der Waals surface area contributed by atoms with Crippen LogP contribution in [0.15, 0.2) is 17.0 Å². The van der Waals surface area contributed by atoms with Gasteiger partial charge in [0, 0.05) is 6.54 Å². The molecule has 0 N–H and O–H groups in total. The largest absolute Gasteiger partial charge is 0.465 e. The highest BCUT2D eigenvalue weighted by Crippen LogP contribution is 2.29. The normalized spacial score (nSPS) is 19.6. The lowest BCUT2D eigenvalue weighted by Crippen LogP contribution is -2.48. The Balaban J connectivity index is 2.44. The molecule has 23 heavy (non-hydrogen) atoms. The Morgan fingerprint density at radius 1 is 1.26 bits per heavy atom. The molecule has 1 atom stereocenters. The number of benzene rings is 1.